The molecule has 2 fully saturated rings. The maximum Gasteiger partial charge on any atom is 0.285 e. The van der Waals surface area contributed by atoms with Gasteiger partial charge in [0.05, 0.1) is 6.04 Å². The second-order valence-corrected chi connectivity index (χ2v) is 5.01. The lowest BCUT2D eigenvalue weighted by molar-refractivity contribution is 0.167. The van der Waals surface area contributed by atoms with E-state index in [1.54, 1.807) is 0 Å². The van der Waals surface area contributed by atoms with Gasteiger partial charge >= 0.3 is 0 Å². The third-order valence-electron chi connectivity index (χ3n) is 3.77. The first-order chi connectivity index (χ1) is 8.25. The van der Waals surface area contributed by atoms with Crippen LogP contribution in [0.4, 0.5) is 0 Å². The number of aryl methyl sites for hydroxylation is 1. The predicted octanol–water partition coefficient (Wildman–Crippen LogP) is 3.43. The average Bonchev–Trinajstić information content (AvgIpc) is 2.68. The quantitative estimate of drug-likeness (QED) is 0.862. The largest absolute Gasteiger partial charge is 0.455 e. The van der Waals surface area contributed by atoms with Crippen molar-refractivity contribution >= 4 is 23.0 Å². The fourth-order valence-electron chi connectivity index (χ4n) is 2.93. The Hall–Kier alpha value is -1.03. The van der Waals surface area contributed by atoms with Crippen LogP contribution in [0.3, 0.4) is 0 Å². The highest BCUT2D eigenvalue weighted by atomic mass is 79.9. The number of halogens is 1. The Kier molecular flexibility index (Phi) is 3.95. The van der Waals surface area contributed by atoms with Crippen molar-refractivity contribution in [2.24, 2.45) is 0 Å². The Morgan fingerprint density at radius 3 is 2.94 bits per heavy atom. The van der Waals surface area contributed by atoms with E-state index in [4.69, 9.17) is 10.1 Å². The molecule has 0 spiro atoms. The molecule has 18 heavy (non-hydrogen) atoms. The standard InChI is InChI=1S/C14H18N2O.BrH/c1-10-5-4-6-11(9-10)13-12-7-2-3-8-16(12)14(15)17-13;/h4-6,9,12-13,15H,2-3,7-8H2,1H3;1H. The van der Waals surface area contributed by atoms with Gasteiger partial charge in [0.1, 0.15) is 6.10 Å². The van der Waals surface area contributed by atoms with Crippen LogP contribution in [0.15, 0.2) is 24.3 Å². The molecule has 3 rings (SSSR count). The smallest absolute Gasteiger partial charge is 0.285 e. The maximum atomic E-state index is 7.91. The summed E-state index contributed by atoms with van der Waals surface area (Å²) >= 11 is 0. The van der Waals surface area contributed by atoms with Crippen LogP contribution in [-0.2, 0) is 4.74 Å². The topological polar surface area (TPSA) is 36.3 Å². The summed E-state index contributed by atoms with van der Waals surface area (Å²) in [5.41, 5.74) is 2.47. The second kappa shape index (κ2) is 5.31. The molecule has 0 bridgehead atoms. The fourth-order valence-corrected chi connectivity index (χ4v) is 2.93. The summed E-state index contributed by atoms with van der Waals surface area (Å²) in [6, 6.07) is 9.20. The van der Waals surface area contributed by atoms with Gasteiger partial charge in [0.2, 0.25) is 0 Å². The van der Waals surface area contributed by atoms with E-state index in [2.05, 4.69) is 36.1 Å². The highest BCUT2D eigenvalue weighted by Gasteiger charge is 2.41. The van der Waals surface area contributed by atoms with E-state index < -0.39 is 0 Å². The van der Waals surface area contributed by atoms with E-state index in [0.717, 1.165) is 13.0 Å². The molecule has 0 aromatic heterocycles. The van der Waals surface area contributed by atoms with Crippen molar-refractivity contribution in [1.29, 1.82) is 5.41 Å². The Morgan fingerprint density at radius 1 is 1.33 bits per heavy atom. The van der Waals surface area contributed by atoms with E-state index in [9.17, 15) is 0 Å². The van der Waals surface area contributed by atoms with Crippen LogP contribution >= 0.6 is 17.0 Å². The first kappa shape index (κ1) is 13.4. The third kappa shape index (κ3) is 2.26. The number of benzene rings is 1. The molecule has 2 unspecified atom stereocenters. The Balaban J connectivity index is 0.00000120. The third-order valence-corrected chi connectivity index (χ3v) is 3.77. The number of rotatable bonds is 1. The van der Waals surface area contributed by atoms with Crippen molar-refractivity contribution in [2.75, 3.05) is 6.54 Å². The zero-order valence-corrected chi connectivity index (χ0v) is 12.3. The van der Waals surface area contributed by atoms with Crippen LogP contribution in [-0.4, -0.2) is 23.5 Å². The molecule has 1 N–H and O–H groups in total. The van der Waals surface area contributed by atoms with Gasteiger partial charge in [-0.15, -0.1) is 17.0 Å². The van der Waals surface area contributed by atoms with Crippen molar-refractivity contribution < 1.29 is 4.74 Å². The first-order valence-electron chi connectivity index (χ1n) is 6.34. The van der Waals surface area contributed by atoms with Gasteiger partial charge in [0.25, 0.3) is 6.02 Å². The average molecular weight is 311 g/mol. The predicted molar refractivity (Wildman–Crippen MR) is 77.4 cm³/mol. The highest BCUT2D eigenvalue weighted by Crippen LogP contribution is 2.37. The number of piperidine rings is 1. The highest BCUT2D eigenvalue weighted by molar-refractivity contribution is 8.93. The summed E-state index contributed by atoms with van der Waals surface area (Å²) in [5.74, 6) is 0. The van der Waals surface area contributed by atoms with Crippen molar-refractivity contribution in [3.8, 4) is 0 Å². The zero-order chi connectivity index (χ0) is 11.8. The Labute approximate surface area is 118 Å². The lowest BCUT2D eigenvalue weighted by atomic mass is 9.94. The van der Waals surface area contributed by atoms with Gasteiger partial charge < -0.3 is 9.64 Å². The number of hydrogen-bond acceptors (Lipinski definition) is 2. The molecular formula is C14H19BrN2O. The molecule has 0 saturated carbocycles. The molecule has 0 aliphatic carbocycles. The van der Waals surface area contributed by atoms with E-state index in [1.807, 2.05) is 0 Å². The van der Waals surface area contributed by atoms with Gasteiger partial charge in [0, 0.05) is 6.54 Å². The summed E-state index contributed by atoms with van der Waals surface area (Å²) in [6.45, 7) is 3.08. The van der Waals surface area contributed by atoms with Gasteiger partial charge in [-0.05, 0) is 31.7 Å². The summed E-state index contributed by atoms with van der Waals surface area (Å²) in [4.78, 5) is 2.12. The van der Waals surface area contributed by atoms with Crippen LogP contribution in [0.1, 0.15) is 36.5 Å². The molecule has 0 radical (unpaired) electrons. The molecule has 2 heterocycles. The van der Waals surface area contributed by atoms with E-state index in [1.165, 1.54) is 24.0 Å². The fraction of sp³-hybridized carbons (Fsp3) is 0.500. The summed E-state index contributed by atoms with van der Waals surface area (Å²) in [5, 5.41) is 7.91. The molecule has 4 heteroatoms. The lowest BCUT2D eigenvalue weighted by Gasteiger charge is -2.29. The van der Waals surface area contributed by atoms with E-state index in [-0.39, 0.29) is 23.1 Å². The van der Waals surface area contributed by atoms with Gasteiger partial charge in [-0.2, -0.15) is 0 Å². The molecule has 1 aromatic rings. The molecule has 98 valence electrons. The Bertz CT molecular complexity index is 449. The summed E-state index contributed by atoms with van der Waals surface area (Å²) < 4.78 is 5.76. The summed E-state index contributed by atoms with van der Waals surface area (Å²) in [6.07, 6.45) is 3.63. The van der Waals surface area contributed by atoms with E-state index in [0.29, 0.717) is 12.1 Å². The van der Waals surface area contributed by atoms with Crippen molar-refractivity contribution in [3.05, 3.63) is 35.4 Å². The second-order valence-electron chi connectivity index (χ2n) is 5.01. The van der Waals surface area contributed by atoms with Gasteiger partial charge in [-0.25, -0.2) is 0 Å². The molecular weight excluding hydrogens is 292 g/mol. The van der Waals surface area contributed by atoms with Crippen molar-refractivity contribution in [2.45, 2.75) is 38.3 Å². The van der Waals surface area contributed by atoms with Crippen molar-refractivity contribution in [1.82, 2.24) is 4.90 Å². The molecule has 3 nitrogen and oxygen atoms in total. The molecule has 2 aliphatic rings. The molecule has 1 aromatic carbocycles. The normalized spacial score (nSPS) is 26.3. The van der Waals surface area contributed by atoms with Gasteiger partial charge in [0.15, 0.2) is 0 Å². The monoisotopic (exact) mass is 310 g/mol. The zero-order valence-electron chi connectivity index (χ0n) is 10.6. The number of nitrogens with one attached hydrogen (secondary N) is 1. The van der Waals surface area contributed by atoms with Crippen LogP contribution in [0.5, 0.6) is 0 Å². The van der Waals surface area contributed by atoms with Crippen molar-refractivity contribution in [3.63, 3.8) is 0 Å². The minimum atomic E-state index is 0. The number of ether oxygens (including phenoxy) is 1. The number of nitrogens with zero attached hydrogens (tertiary/aromatic N) is 1. The number of hydrogen-bond donors (Lipinski definition) is 1. The van der Waals surface area contributed by atoms with E-state index >= 15 is 0 Å². The maximum absolute atomic E-state index is 7.91. The van der Waals surface area contributed by atoms with Crippen LogP contribution in [0.25, 0.3) is 0 Å². The first-order valence-corrected chi connectivity index (χ1v) is 6.34. The SMILES string of the molecule is Br.Cc1cccc(C2OC(=N)N3CCCCC23)c1. The molecule has 0 amide bonds. The minimum Gasteiger partial charge on any atom is -0.455 e. The Morgan fingerprint density at radius 2 is 2.17 bits per heavy atom. The van der Waals surface area contributed by atoms with Crippen LogP contribution in [0.2, 0.25) is 0 Å². The van der Waals surface area contributed by atoms with Crippen LogP contribution < -0.4 is 0 Å². The summed E-state index contributed by atoms with van der Waals surface area (Å²) in [7, 11) is 0. The molecule has 2 atom stereocenters. The minimum absolute atomic E-state index is 0. The molecule has 2 saturated heterocycles. The number of amidine groups is 1. The lowest BCUT2D eigenvalue weighted by Crippen LogP contribution is -2.38. The number of fused-ring (bicyclic) bond motifs is 1. The molecule has 2 aliphatic heterocycles. The van der Waals surface area contributed by atoms with Crippen LogP contribution in [0, 0.1) is 12.3 Å². The van der Waals surface area contributed by atoms with Gasteiger partial charge in [-0.1, -0.05) is 29.8 Å². The van der Waals surface area contributed by atoms with Gasteiger partial charge in [-0.3, -0.25) is 5.41 Å².